The van der Waals surface area contributed by atoms with Crippen LogP contribution in [0.15, 0.2) is 29.4 Å². The number of anilines is 1. The van der Waals surface area contributed by atoms with Crippen LogP contribution in [0.2, 0.25) is 0 Å². The average molecular weight is 313 g/mol. The van der Waals surface area contributed by atoms with Gasteiger partial charge in [-0.2, -0.15) is 4.31 Å². The molecule has 2 rings (SSSR count). The van der Waals surface area contributed by atoms with Crippen molar-refractivity contribution >= 4 is 21.5 Å². The third-order valence-electron chi connectivity index (χ3n) is 3.03. The van der Waals surface area contributed by atoms with E-state index >= 15 is 0 Å². The minimum absolute atomic E-state index is 0.0255. The minimum Gasteiger partial charge on any atom is -0.395 e. The summed E-state index contributed by atoms with van der Waals surface area (Å²) in [7, 11) is -3.82. The van der Waals surface area contributed by atoms with Crippen molar-refractivity contribution < 1.29 is 13.5 Å². The molecular weight excluding hydrogens is 294 g/mol. The van der Waals surface area contributed by atoms with Gasteiger partial charge >= 0.3 is 0 Å². The van der Waals surface area contributed by atoms with E-state index in [9.17, 15) is 8.42 Å². The normalized spacial score (nSPS) is 12.2. The number of aliphatic hydroxyl groups excluding tert-OH is 1. The third kappa shape index (κ3) is 2.86. The van der Waals surface area contributed by atoms with E-state index < -0.39 is 10.0 Å². The highest BCUT2D eigenvalue weighted by Gasteiger charge is 2.30. The van der Waals surface area contributed by atoms with Gasteiger partial charge in [-0.15, -0.1) is 0 Å². The monoisotopic (exact) mass is 313 g/mol. The van der Waals surface area contributed by atoms with Gasteiger partial charge < -0.3 is 10.5 Å². The van der Waals surface area contributed by atoms with Gasteiger partial charge in [0.05, 0.1) is 6.61 Å². The molecule has 0 aromatic carbocycles. The van der Waals surface area contributed by atoms with Crippen LogP contribution in [0.25, 0.3) is 5.65 Å². The summed E-state index contributed by atoms with van der Waals surface area (Å²) < 4.78 is 28.3. The maximum absolute atomic E-state index is 12.8. The molecule has 0 saturated carbocycles. The van der Waals surface area contributed by atoms with Crippen LogP contribution in [0.5, 0.6) is 0 Å². The van der Waals surface area contributed by atoms with Crippen molar-refractivity contribution in [1.29, 1.82) is 0 Å². The number of nitrogens with one attached hydrogen (secondary N) is 1. The summed E-state index contributed by atoms with van der Waals surface area (Å²) in [5, 5.41) is 9.07. The fraction of sp³-hybridized carbons (Fsp3) is 0.417. The van der Waals surface area contributed by atoms with Crippen LogP contribution in [-0.2, 0) is 10.0 Å². The smallest absolute Gasteiger partial charge is 0.263 e. The number of imidazole rings is 1. The number of sulfonamides is 1. The lowest BCUT2D eigenvalue weighted by molar-refractivity contribution is 0.253. The van der Waals surface area contributed by atoms with Crippen LogP contribution >= 0.6 is 0 Å². The number of nitrogen functional groups attached to an aromatic ring is 1. The number of aromatic nitrogens is 2. The van der Waals surface area contributed by atoms with E-state index in [1.165, 1.54) is 8.71 Å². The lowest BCUT2D eigenvalue weighted by Gasteiger charge is -2.20. The van der Waals surface area contributed by atoms with E-state index in [1.54, 1.807) is 24.4 Å². The van der Waals surface area contributed by atoms with E-state index in [1.807, 2.05) is 6.92 Å². The van der Waals surface area contributed by atoms with E-state index in [4.69, 9.17) is 10.9 Å². The zero-order chi connectivity index (χ0) is 15.5. The predicted octanol–water partition coefficient (Wildman–Crippen LogP) is 0.0129. The highest BCUT2D eigenvalue weighted by atomic mass is 32.2. The Morgan fingerprint density at radius 1 is 1.43 bits per heavy atom. The van der Waals surface area contributed by atoms with Crippen molar-refractivity contribution in [2.24, 2.45) is 5.84 Å². The zero-order valence-electron chi connectivity index (χ0n) is 11.7. The number of pyridine rings is 1. The fourth-order valence-electron chi connectivity index (χ4n) is 2.15. The van der Waals surface area contributed by atoms with Crippen LogP contribution in [0.3, 0.4) is 0 Å². The first-order valence-corrected chi connectivity index (χ1v) is 8.05. The maximum Gasteiger partial charge on any atom is 0.263 e. The van der Waals surface area contributed by atoms with E-state index in [-0.39, 0.29) is 24.0 Å². The Labute approximate surface area is 123 Å². The summed E-state index contributed by atoms with van der Waals surface area (Å²) in [5.41, 5.74) is 2.81. The number of hydrazine groups is 1. The second kappa shape index (κ2) is 6.39. The Morgan fingerprint density at radius 3 is 2.81 bits per heavy atom. The summed E-state index contributed by atoms with van der Waals surface area (Å²) in [6.45, 7) is 1.96. The van der Waals surface area contributed by atoms with Gasteiger partial charge in [-0.25, -0.2) is 19.2 Å². The highest BCUT2D eigenvalue weighted by molar-refractivity contribution is 7.89. The van der Waals surface area contributed by atoms with Crippen LogP contribution in [0, 0.1) is 0 Å². The molecule has 0 aliphatic rings. The first-order chi connectivity index (χ1) is 10.1. The number of aliphatic hydroxyl groups is 1. The molecule has 2 aromatic rings. The van der Waals surface area contributed by atoms with Gasteiger partial charge in [0.1, 0.15) is 5.65 Å². The summed E-state index contributed by atoms with van der Waals surface area (Å²) in [6.07, 6.45) is 2.25. The third-order valence-corrected chi connectivity index (χ3v) is 4.95. The SMILES string of the molecule is CCCN(CCO)S(=O)(=O)c1c(NN)nc2ccccn12. The Hall–Kier alpha value is -1.68. The number of fused-ring (bicyclic) bond motifs is 1. The molecular formula is C12H19N5O3S. The van der Waals surface area contributed by atoms with Gasteiger partial charge in [0.25, 0.3) is 10.0 Å². The molecule has 0 unspecified atom stereocenters. The predicted molar refractivity (Wildman–Crippen MR) is 79.1 cm³/mol. The average Bonchev–Trinajstić information content (AvgIpc) is 2.86. The standard InChI is InChI=1S/C12H19N5O3S/c1-2-6-16(8-9-18)21(19,20)12-11(15-13)14-10-5-3-4-7-17(10)12/h3-5,7,15,18H,2,6,8-9,13H2,1H3. The molecule has 0 saturated heterocycles. The lowest BCUT2D eigenvalue weighted by atomic mass is 10.5. The molecule has 0 amide bonds. The Morgan fingerprint density at radius 2 is 2.19 bits per heavy atom. The summed E-state index contributed by atoms with van der Waals surface area (Å²) in [5.74, 6) is 5.48. The van der Waals surface area contributed by atoms with Gasteiger partial charge in [0.15, 0.2) is 5.82 Å². The molecule has 0 atom stereocenters. The first-order valence-electron chi connectivity index (χ1n) is 6.61. The highest BCUT2D eigenvalue weighted by Crippen LogP contribution is 2.25. The van der Waals surface area contributed by atoms with Crippen molar-refractivity contribution in [3.8, 4) is 0 Å². The zero-order valence-corrected chi connectivity index (χ0v) is 12.5. The molecule has 0 fully saturated rings. The molecule has 4 N–H and O–H groups in total. The fourth-order valence-corrected chi connectivity index (χ4v) is 3.89. The number of rotatable bonds is 7. The van der Waals surface area contributed by atoms with E-state index in [0.29, 0.717) is 18.6 Å². The topological polar surface area (TPSA) is 113 Å². The number of hydrogen-bond donors (Lipinski definition) is 3. The van der Waals surface area contributed by atoms with Crippen molar-refractivity contribution in [1.82, 2.24) is 13.7 Å². The molecule has 0 aliphatic carbocycles. The summed E-state index contributed by atoms with van der Waals surface area (Å²) >= 11 is 0. The lowest BCUT2D eigenvalue weighted by Crippen LogP contribution is -2.35. The Kier molecular flexibility index (Phi) is 4.78. The quantitative estimate of drug-likeness (QED) is 0.490. The van der Waals surface area contributed by atoms with E-state index in [2.05, 4.69) is 10.4 Å². The largest absolute Gasteiger partial charge is 0.395 e. The Balaban J connectivity index is 2.62. The van der Waals surface area contributed by atoms with Crippen LogP contribution < -0.4 is 11.3 Å². The molecule has 116 valence electrons. The van der Waals surface area contributed by atoms with Gasteiger partial charge in [-0.05, 0) is 18.6 Å². The van der Waals surface area contributed by atoms with Gasteiger partial charge in [-0.3, -0.25) is 4.40 Å². The Bertz CT molecular complexity index is 707. The summed E-state index contributed by atoms with van der Waals surface area (Å²) in [6, 6.07) is 5.16. The first kappa shape index (κ1) is 15.7. The van der Waals surface area contributed by atoms with Gasteiger partial charge in [0.2, 0.25) is 5.03 Å². The molecule has 0 aliphatic heterocycles. The number of nitrogens with zero attached hydrogens (tertiary/aromatic N) is 3. The van der Waals surface area contributed by atoms with Gasteiger partial charge in [-0.1, -0.05) is 13.0 Å². The van der Waals surface area contributed by atoms with Crippen LogP contribution in [-0.4, -0.2) is 46.9 Å². The molecule has 2 heterocycles. The minimum atomic E-state index is -3.82. The van der Waals surface area contributed by atoms with Crippen LogP contribution in [0.1, 0.15) is 13.3 Å². The van der Waals surface area contributed by atoms with Gasteiger partial charge in [0, 0.05) is 19.3 Å². The van der Waals surface area contributed by atoms with Crippen molar-refractivity contribution in [2.75, 3.05) is 25.1 Å². The molecule has 21 heavy (non-hydrogen) atoms. The number of nitrogens with two attached hydrogens (primary N) is 1. The number of hydrogen-bond acceptors (Lipinski definition) is 6. The van der Waals surface area contributed by atoms with Crippen molar-refractivity contribution in [2.45, 2.75) is 18.4 Å². The molecule has 0 bridgehead atoms. The molecule has 0 radical (unpaired) electrons. The van der Waals surface area contributed by atoms with Crippen molar-refractivity contribution in [3.05, 3.63) is 24.4 Å². The summed E-state index contributed by atoms with van der Waals surface area (Å²) in [4.78, 5) is 4.16. The molecule has 2 aromatic heterocycles. The van der Waals surface area contributed by atoms with Crippen LogP contribution in [0.4, 0.5) is 5.82 Å². The second-order valence-corrected chi connectivity index (χ2v) is 6.32. The molecule has 8 nitrogen and oxygen atoms in total. The maximum atomic E-state index is 12.8. The van der Waals surface area contributed by atoms with Crippen molar-refractivity contribution in [3.63, 3.8) is 0 Å². The van der Waals surface area contributed by atoms with E-state index in [0.717, 1.165) is 0 Å². The molecule has 9 heteroatoms. The molecule has 0 spiro atoms. The second-order valence-electron chi connectivity index (χ2n) is 4.47.